The molecule has 0 amide bonds. The summed E-state index contributed by atoms with van der Waals surface area (Å²) < 4.78 is 197. The van der Waals surface area contributed by atoms with Gasteiger partial charge in [0.2, 0.25) is 0 Å². The third kappa shape index (κ3) is 16.1. The van der Waals surface area contributed by atoms with Crippen LogP contribution in [0.1, 0.15) is 204 Å². The van der Waals surface area contributed by atoms with Crippen LogP contribution in [0.3, 0.4) is 0 Å². The number of nitrogens with zero attached hydrogens (tertiary/aromatic N) is 1. The predicted octanol–water partition coefficient (Wildman–Crippen LogP) is 20.6. The molecule has 0 fully saturated rings. The van der Waals surface area contributed by atoms with Crippen molar-refractivity contribution in [1.82, 2.24) is 4.90 Å². The first-order chi connectivity index (χ1) is 36.1. The van der Waals surface area contributed by atoms with Crippen LogP contribution in [-0.2, 0) is 53.2 Å². The summed E-state index contributed by atoms with van der Waals surface area (Å²) in [7, 11) is 6.02. The molecule has 0 aliphatic rings. The first kappa shape index (κ1) is 66.1. The largest absolute Gasteiger partial charge is 0.496 e. The minimum Gasteiger partial charge on any atom is -0.496 e. The van der Waals surface area contributed by atoms with Crippen molar-refractivity contribution in [2.24, 2.45) is 0 Å². The lowest BCUT2D eigenvalue weighted by Gasteiger charge is -2.43. The molecule has 0 saturated heterocycles. The number of halogens is 12. The third-order valence-electron chi connectivity index (χ3n) is 15.3. The number of hydrogen-bond donors (Lipinski definition) is 0. The monoisotopic (exact) mass is 1120 g/mol. The molecule has 0 aliphatic heterocycles. The van der Waals surface area contributed by atoms with E-state index >= 15 is 0 Å². The molecule has 438 valence electrons. The molecule has 0 aromatic heterocycles. The Morgan fingerprint density at radius 3 is 1.06 bits per heavy atom. The lowest BCUT2D eigenvalue weighted by Crippen LogP contribution is -2.51. The molecule has 0 radical (unpaired) electrons. The van der Waals surface area contributed by atoms with Crippen molar-refractivity contribution in [3.63, 3.8) is 0 Å². The lowest BCUT2D eigenvalue weighted by atomic mass is 9.75. The quantitative estimate of drug-likeness (QED) is 0.0489. The fraction of sp³-hybridized carbons (Fsp3) is 0.613. The van der Waals surface area contributed by atoms with Gasteiger partial charge in [-0.25, -0.2) is 0 Å². The maximum atomic E-state index is 15.0. The molecular formula is C62H83F12NO3. The molecule has 1 atom stereocenters. The number of hydrogen-bond acceptors (Lipinski definition) is 4. The van der Waals surface area contributed by atoms with E-state index in [4.69, 9.17) is 14.2 Å². The summed E-state index contributed by atoms with van der Waals surface area (Å²) in [5.74, 6) is -0.0166. The molecular weight excluding hydrogens is 1030 g/mol. The Balaban J connectivity index is 2.35. The third-order valence-corrected chi connectivity index (χ3v) is 15.3. The highest BCUT2D eigenvalue weighted by molar-refractivity contribution is 5.91. The van der Waals surface area contributed by atoms with Crippen molar-refractivity contribution in [1.29, 1.82) is 0 Å². The molecule has 4 rings (SSSR count). The van der Waals surface area contributed by atoms with Crippen LogP contribution in [0, 0.1) is 0 Å². The normalized spacial score (nSPS) is 13.7. The van der Waals surface area contributed by atoms with E-state index in [-0.39, 0.29) is 70.0 Å². The van der Waals surface area contributed by atoms with Gasteiger partial charge in [-0.15, -0.1) is 0 Å². The van der Waals surface area contributed by atoms with E-state index in [2.05, 4.69) is 13.8 Å². The van der Waals surface area contributed by atoms with E-state index in [1.165, 1.54) is 14.2 Å². The zero-order valence-electron chi connectivity index (χ0n) is 48.2. The lowest BCUT2D eigenvalue weighted by molar-refractivity contribution is -0.144. The van der Waals surface area contributed by atoms with Crippen molar-refractivity contribution >= 4 is 0 Å². The highest BCUT2D eigenvalue weighted by atomic mass is 19.4. The molecule has 0 heterocycles. The van der Waals surface area contributed by atoms with E-state index in [1.54, 1.807) is 67.7 Å². The van der Waals surface area contributed by atoms with Crippen LogP contribution < -0.4 is 9.47 Å². The van der Waals surface area contributed by atoms with Crippen molar-refractivity contribution in [3.8, 4) is 44.9 Å². The van der Waals surface area contributed by atoms with Gasteiger partial charge in [-0.1, -0.05) is 139 Å². The standard InChI is InChI=1S/C62H83F12NO3/c1-15-18-20-22-24-26-28-58(78-14,29-27-25-23-21-19-16-2)39(4)75(11)38-49-48(37-51(57(8,9)10)55(77-13)53(49)41-32-44(61(69,70)71)35-45(33-41)62(72,73)74)47-36-50(56(5,6)7)54(76-12)52(46(47)17-3)40-30-42(59(63,64)65)34-43(31-40)60(66,67)68/h30-37,39H,15-29,38H2,1-14H3/t39-/m0/s1. The highest BCUT2D eigenvalue weighted by Gasteiger charge is 2.43. The molecule has 0 N–H and O–H groups in total. The van der Waals surface area contributed by atoms with Crippen LogP contribution in [0.5, 0.6) is 11.5 Å². The number of ether oxygens (including phenoxy) is 3. The fourth-order valence-corrected chi connectivity index (χ4v) is 10.9. The summed E-state index contributed by atoms with van der Waals surface area (Å²) in [6.45, 7) is 18.5. The van der Waals surface area contributed by atoms with Crippen molar-refractivity contribution in [2.45, 2.75) is 219 Å². The molecule has 16 heteroatoms. The smallest absolute Gasteiger partial charge is 0.416 e. The van der Waals surface area contributed by atoms with Crippen LogP contribution in [0.15, 0.2) is 48.5 Å². The first-order valence-corrected chi connectivity index (χ1v) is 27.4. The number of methoxy groups -OCH3 is 3. The number of rotatable bonds is 25. The molecule has 78 heavy (non-hydrogen) atoms. The number of unbranched alkanes of at least 4 members (excludes halogenated alkanes) is 10. The van der Waals surface area contributed by atoms with E-state index in [9.17, 15) is 52.7 Å². The molecule has 4 aromatic carbocycles. The molecule has 0 unspecified atom stereocenters. The summed E-state index contributed by atoms with van der Waals surface area (Å²) in [5.41, 5.74) is -8.35. The molecule has 4 aromatic rings. The van der Waals surface area contributed by atoms with Gasteiger partial charge in [0.15, 0.2) is 0 Å². The summed E-state index contributed by atoms with van der Waals surface area (Å²) in [6.07, 6.45) is -7.55. The Kier molecular flexibility index (Phi) is 22.4. The van der Waals surface area contributed by atoms with Crippen LogP contribution >= 0.6 is 0 Å². The van der Waals surface area contributed by atoms with E-state index < -0.39 is 80.6 Å². The molecule has 0 spiro atoms. The second-order valence-electron chi connectivity index (χ2n) is 23.1. The summed E-state index contributed by atoms with van der Waals surface area (Å²) >= 11 is 0. The van der Waals surface area contributed by atoms with Gasteiger partial charge in [-0.05, 0) is 126 Å². The second kappa shape index (κ2) is 26.4. The van der Waals surface area contributed by atoms with E-state index in [0.29, 0.717) is 48.2 Å². The van der Waals surface area contributed by atoms with Crippen LogP contribution in [0.2, 0.25) is 0 Å². The minimum atomic E-state index is -5.24. The van der Waals surface area contributed by atoms with Crippen molar-refractivity contribution in [3.05, 3.63) is 93.0 Å². The Labute approximate surface area is 456 Å². The Morgan fingerprint density at radius 2 is 0.769 bits per heavy atom. The molecule has 0 bridgehead atoms. The Bertz CT molecular complexity index is 2520. The second-order valence-corrected chi connectivity index (χ2v) is 23.1. The topological polar surface area (TPSA) is 30.9 Å². The van der Waals surface area contributed by atoms with Crippen LogP contribution in [0.4, 0.5) is 52.7 Å². The van der Waals surface area contributed by atoms with Crippen molar-refractivity contribution in [2.75, 3.05) is 28.4 Å². The summed E-state index contributed by atoms with van der Waals surface area (Å²) in [5, 5.41) is 0. The van der Waals surface area contributed by atoms with Gasteiger partial charge < -0.3 is 14.2 Å². The average Bonchev–Trinajstić information content (AvgIpc) is 3.37. The predicted molar refractivity (Wildman–Crippen MR) is 289 cm³/mol. The number of alkyl halides is 12. The van der Waals surface area contributed by atoms with Crippen molar-refractivity contribution < 1.29 is 66.9 Å². The zero-order chi connectivity index (χ0) is 59.0. The van der Waals surface area contributed by atoms with Crippen LogP contribution in [0.25, 0.3) is 33.4 Å². The maximum absolute atomic E-state index is 15.0. The van der Waals surface area contributed by atoms with Gasteiger partial charge in [-0.3, -0.25) is 4.90 Å². The molecule has 4 nitrogen and oxygen atoms in total. The SMILES string of the molecule is CCCCCCCCC(CCCCCCCC)(OC)[C@H](C)N(C)Cc1c(-c2cc(C(C)(C)C)c(OC)c(-c3cc(C(F)(F)F)cc(C(F)(F)F)c3)c2CC)cc(C(C)(C)C)c(OC)c1-c1cc(C(F)(F)F)cc(C(F)(F)F)c1. The Morgan fingerprint density at radius 1 is 0.449 bits per heavy atom. The molecule has 0 aliphatic carbocycles. The van der Waals surface area contributed by atoms with Crippen LogP contribution in [-0.4, -0.2) is 44.9 Å². The zero-order valence-corrected chi connectivity index (χ0v) is 48.2. The minimum absolute atomic E-state index is 0.00502. The number of benzene rings is 4. The Hall–Kier alpha value is -4.44. The maximum Gasteiger partial charge on any atom is 0.416 e. The number of likely N-dealkylation sites (N-methyl/N-ethyl adjacent to an activating group) is 1. The molecule has 0 saturated carbocycles. The first-order valence-electron chi connectivity index (χ1n) is 27.4. The van der Waals surface area contributed by atoms with Gasteiger partial charge in [0.25, 0.3) is 0 Å². The van der Waals surface area contributed by atoms with Gasteiger partial charge in [-0.2, -0.15) is 52.7 Å². The highest BCUT2D eigenvalue weighted by Crippen LogP contribution is 2.54. The van der Waals surface area contributed by atoms with E-state index in [1.807, 2.05) is 18.9 Å². The van der Waals surface area contributed by atoms with E-state index in [0.717, 1.165) is 77.0 Å². The summed E-state index contributed by atoms with van der Waals surface area (Å²) in [6, 6.07) is 5.73. The van der Waals surface area contributed by atoms with Gasteiger partial charge in [0, 0.05) is 42.0 Å². The average molecular weight is 1120 g/mol. The fourth-order valence-electron chi connectivity index (χ4n) is 10.9. The van der Waals surface area contributed by atoms with Gasteiger partial charge in [0.05, 0.1) is 42.1 Å². The summed E-state index contributed by atoms with van der Waals surface area (Å²) in [4.78, 5) is 1.97. The van der Waals surface area contributed by atoms with Gasteiger partial charge >= 0.3 is 24.7 Å². The van der Waals surface area contributed by atoms with Gasteiger partial charge in [0.1, 0.15) is 11.5 Å².